The first-order valence-electron chi connectivity index (χ1n) is 6.09. The average Bonchev–Trinajstić information content (AvgIpc) is 2.38. The van der Waals surface area contributed by atoms with Crippen LogP contribution >= 0.6 is 0 Å². The SMILES string of the molecule is COCCNCC(=O)Nc1ccc(F)c(NC(C)=O)c1. The van der Waals surface area contributed by atoms with Gasteiger partial charge in [-0.2, -0.15) is 0 Å². The predicted molar refractivity (Wildman–Crippen MR) is 74.1 cm³/mol. The number of hydrogen-bond acceptors (Lipinski definition) is 4. The van der Waals surface area contributed by atoms with Gasteiger partial charge in [0.15, 0.2) is 0 Å². The number of anilines is 2. The molecule has 0 bridgehead atoms. The molecule has 0 saturated heterocycles. The van der Waals surface area contributed by atoms with Gasteiger partial charge in [-0.1, -0.05) is 0 Å². The van der Waals surface area contributed by atoms with Gasteiger partial charge in [0.1, 0.15) is 5.82 Å². The van der Waals surface area contributed by atoms with E-state index in [1.54, 1.807) is 7.11 Å². The molecular weight excluding hydrogens is 265 g/mol. The molecule has 20 heavy (non-hydrogen) atoms. The molecule has 1 rings (SSSR count). The second-order valence-electron chi connectivity index (χ2n) is 4.09. The molecule has 0 saturated carbocycles. The fourth-order valence-corrected chi connectivity index (χ4v) is 1.47. The Kier molecular flexibility index (Phi) is 6.61. The summed E-state index contributed by atoms with van der Waals surface area (Å²) in [5.41, 5.74) is 0.441. The maximum atomic E-state index is 13.4. The van der Waals surface area contributed by atoms with E-state index in [1.165, 1.54) is 25.1 Å². The lowest BCUT2D eigenvalue weighted by Gasteiger charge is -2.09. The monoisotopic (exact) mass is 283 g/mol. The Morgan fingerprint density at radius 2 is 2.05 bits per heavy atom. The Balaban J connectivity index is 2.54. The van der Waals surface area contributed by atoms with E-state index < -0.39 is 5.82 Å². The lowest BCUT2D eigenvalue weighted by Crippen LogP contribution is -2.30. The van der Waals surface area contributed by atoms with Crippen LogP contribution in [0.5, 0.6) is 0 Å². The van der Waals surface area contributed by atoms with Crippen LogP contribution in [-0.2, 0) is 14.3 Å². The Morgan fingerprint density at radius 3 is 2.70 bits per heavy atom. The van der Waals surface area contributed by atoms with E-state index in [0.717, 1.165) is 0 Å². The molecule has 0 fully saturated rings. The van der Waals surface area contributed by atoms with Gasteiger partial charge in [0.25, 0.3) is 0 Å². The van der Waals surface area contributed by atoms with Crippen LogP contribution in [0.4, 0.5) is 15.8 Å². The van der Waals surface area contributed by atoms with Crippen LogP contribution in [-0.4, -0.2) is 38.6 Å². The maximum Gasteiger partial charge on any atom is 0.238 e. The molecule has 0 radical (unpaired) electrons. The van der Waals surface area contributed by atoms with Crippen LogP contribution in [0.15, 0.2) is 18.2 Å². The number of rotatable bonds is 7. The van der Waals surface area contributed by atoms with E-state index in [9.17, 15) is 14.0 Å². The minimum absolute atomic E-state index is 0.0302. The van der Waals surface area contributed by atoms with Crippen LogP contribution in [0, 0.1) is 5.82 Å². The second-order valence-corrected chi connectivity index (χ2v) is 4.09. The lowest BCUT2D eigenvalue weighted by molar-refractivity contribution is -0.115. The highest BCUT2D eigenvalue weighted by atomic mass is 19.1. The number of carbonyl (C=O) groups excluding carboxylic acids is 2. The molecular formula is C13H18FN3O3. The number of methoxy groups -OCH3 is 1. The third kappa shape index (κ3) is 5.77. The van der Waals surface area contributed by atoms with Crippen LogP contribution in [0.2, 0.25) is 0 Å². The van der Waals surface area contributed by atoms with Gasteiger partial charge in [0, 0.05) is 26.3 Å². The fraction of sp³-hybridized carbons (Fsp3) is 0.385. The van der Waals surface area contributed by atoms with Crippen LogP contribution in [0.25, 0.3) is 0 Å². The van der Waals surface area contributed by atoms with Crippen molar-refractivity contribution >= 4 is 23.2 Å². The molecule has 0 unspecified atom stereocenters. The summed E-state index contributed by atoms with van der Waals surface area (Å²) in [4.78, 5) is 22.5. The molecule has 0 heterocycles. The summed E-state index contributed by atoms with van der Waals surface area (Å²) in [6.07, 6.45) is 0. The molecule has 0 spiro atoms. The topological polar surface area (TPSA) is 79.5 Å². The highest BCUT2D eigenvalue weighted by molar-refractivity contribution is 5.94. The fourth-order valence-electron chi connectivity index (χ4n) is 1.47. The van der Waals surface area contributed by atoms with Crippen molar-refractivity contribution in [2.24, 2.45) is 0 Å². The summed E-state index contributed by atoms with van der Waals surface area (Å²) in [7, 11) is 1.57. The number of halogens is 1. The molecule has 0 atom stereocenters. The Hall–Kier alpha value is -1.99. The van der Waals surface area contributed by atoms with E-state index >= 15 is 0 Å². The summed E-state index contributed by atoms with van der Waals surface area (Å²) in [6, 6.07) is 3.97. The van der Waals surface area contributed by atoms with Crippen molar-refractivity contribution < 1.29 is 18.7 Å². The van der Waals surface area contributed by atoms with Crippen molar-refractivity contribution in [3.05, 3.63) is 24.0 Å². The second kappa shape index (κ2) is 8.23. The van der Waals surface area contributed by atoms with E-state index in [1.807, 2.05) is 0 Å². The molecule has 1 aromatic carbocycles. The summed E-state index contributed by atoms with van der Waals surface area (Å²) >= 11 is 0. The molecule has 6 nitrogen and oxygen atoms in total. The standard InChI is InChI=1S/C13H18FN3O3/c1-9(18)16-12-7-10(3-4-11(12)14)17-13(19)8-15-5-6-20-2/h3-4,7,15H,5-6,8H2,1-2H3,(H,16,18)(H,17,19). The maximum absolute atomic E-state index is 13.4. The smallest absolute Gasteiger partial charge is 0.238 e. The third-order valence-corrected chi connectivity index (χ3v) is 2.33. The summed E-state index contributed by atoms with van der Waals surface area (Å²) in [5, 5.41) is 7.83. The van der Waals surface area contributed by atoms with Gasteiger partial charge in [0.05, 0.1) is 18.8 Å². The van der Waals surface area contributed by atoms with E-state index in [-0.39, 0.29) is 24.0 Å². The van der Waals surface area contributed by atoms with Crippen LogP contribution in [0.1, 0.15) is 6.92 Å². The minimum Gasteiger partial charge on any atom is -0.383 e. The number of hydrogen-bond donors (Lipinski definition) is 3. The zero-order valence-corrected chi connectivity index (χ0v) is 11.5. The van der Waals surface area contributed by atoms with E-state index in [2.05, 4.69) is 16.0 Å². The van der Waals surface area contributed by atoms with Crippen LogP contribution in [0.3, 0.4) is 0 Å². The summed E-state index contributed by atoms with van der Waals surface area (Å²) in [6.45, 7) is 2.47. The first-order valence-corrected chi connectivity index (χ1v) is 6.09. The lowest BCUT2D eigenvalue weighted by atomic mass is 10.2. The highest BCUT2D eigenvalue weighted by Gasteiger charge is 2.07. The van der Waals surface area contributed by atoms with Gasteiger partial charge in [0.2, 0.25) is 11.8 Å². The average molecular weight is 283 g/mol. The molecule has 2 amide bonds. The van der Waals surface area contributed by atoms with Gasteiger partial charge < -0.3 is 20.7 Å². The first-order chi connectivity index (χ1) is 9.52. The number of nitrogens with one attached hydrogen (secondary N) is 3. The third-order valence-electron chi connectivity index (χ3n) is 2.33. The molecule has 0 aliphatic carbocycles. The Bertz CT molecular complexity index is 480. The van der Waals surface area contributed by atoms with Crippen molar-refractivity contribution in [2.75, 3.05) is 37.4 Å². The van der Waals surface area contributed by atoms with Crippen molar-refractivity contribution in [1.29, 1.82) is 0 Å². The molecule has 0 aliphatic rings. The molecule has 0 aromatic heterocycles. The number of carbonyl (C=O) groups is 2. The van der Waals surface area contributed by atoms with Gasteiger partial charge in [-0.3, -0.25) is 9.59 Å². The molecule has 7 heteroatoms. The quantitative estimate of drug-likeness (QED) is 0.651. The van der Waals surface area contributed by atoms with Gasteiger partial charge >= 0.3 is 0 Å². The van der Waals surface area contributed by atoms with E-state index in [4.69, 9.17) is 4.74 Å². The Morgan fingerprint density at radius 1 is 1.30 bits per heavy atom. The van der Waals surface area contributed by atoms with Crippen molar-refractivity contribution in [3.8, 4) is 0 Å². The van der Waals surface area contributed by atoms with Gasteiger partial charge in [-0.05, 0) is 18.2 Å². The summed E-state index contributed by atoms with van der Waals surface area (Å²) < 4.78 is 18.2. The summed E-state index contributed by atoms with van der Waals surface area (Å²) in [5.74, 6) is -1.20. The van der Waals surface area contributed by atoms with Gasteiger partial charge in [-0.15, -0.1) is 0 Å². The highest BCUT2D eigenvalue weighted by Crippen LogP contribution is 2.19. The largest absolute Gasteiger partial charge is 0.383 e. The molecule has 0 aliphatic heterocycles. The number of amides is 2. The normalized spacial score (nSPS) is 10.2. The van der Waals surface area contributed by atoms with Gasteiger partial charge in [-0.25, -0.2) is 4.39 Å². The van der Waals surface area contributed by atoms with Crippen molar-refractivity contribution in [2.45, 2.75) is 6.92 Å². The van der Waals surface area contributed by atoms with Crippen molar-refractivity contribution in [3.63, 3.8) is 0 Å². The molecule has 110 valence electrons. The van der Waals surface area contributed by atoms with E-state index in [0.29, 0.717) is 18.8 Å². The Labute approximate surface area is 116 Å². The first kappa shape index (κ1) is 16.1. The van der Waals surface area contributed by atoms with Crippen LogP contribution < -0.4 is 16.0 Å². The minimum atomic E-state index is -0.559. The zero-order valence-electron chi connectivity index (χ0n) is 11.5. The van der Waals surface area contributed by atoms with Crippen molar-refractivity contribution in [1.82, 2.24) is 5.32 Å². The number of benzene rings is 1. The zero-order chi connectivity index (χ0) is 15.0. The number of ether oxygens (including phenoxy) is 1. The molecule has 1 aromatic rings. The molecule has 3 N–H and O–H groups in total. The predicted octanol–water partition coefficient (Wildman–Crippen LogP) is 0.959.